The highest BCUT2D eigenvalue weighted by atomic mass is 14.9. The first-order valence-corrected chi connectivity index (χ1v) is 8.39. The summed E-state index contributed by atoms with van der Waals surface area (Å²) in [7, 11) is 2.08. The fourth-order valence-corrected chi connectivity index (χ4v) is 3.67. The number of pyridine rings is 1. The molecule has 1 aromatic heterocycles. The molecule has 0 radical (unpaired) electrons. The zero-order chi connectivity index (χ0) is 14.5. The van der Waals surface area contributed by atoms with Crippen LogP contribution >= 0.6 is 0 Å². The van der Waals surface area contributed by atoms with Crippen LogP contribution in [0.3, 0.4) is 0 Å². The molecule has 1 heterocycles. The maximum Gasteiger partial charge on any atom is 0.0702 e. The second-order valence-electron chi connectivity index (χ2n) is 6.38. The van der Waals surface area contributed by atoms with E-state index in [9.17, 15) is 0 Å². The molecule has 1 aliphatic carbocycles. The third-order valence-electron chi connectivity index (χ3n) is 4.97. The third-order valence-corrected chi connectivity index (χ3v) is 4.97. The van der Waals surface area contributed by atoms with Crippen LogP contribution in [0.4, 0.5) is 0 Å². The van der Waals surface area contributed by atoms with E-state index < -0.39 is 0 Å². The van der Waals surface area contributed by atoms with Crippen molar-refractivity contribution in [1.29, 1.82) is 0 Å². The lowest BCUT2D eigenvalue weighted by atomic mass is 9.84. The Labute approximate surface area is 128 Å². The van der Waals surface area contributed by atoms with Gasteiger partial charge in [0.15, 0.2) is 0 Å². The summed E-state index contributed by atoms with van der Waals surface area (Å²) in [5, 5.41) is 4.75. The number of rotatable bonds is 5. The maximum atomic E-state index is 4.41. The zero-order valence-corrected chi connectivity index (χ0v) is 13.0. The molecule has 1 unspecified atom stereocenters. The quantitative estimate of drug-likeness (QED) is 0.847. The summed E-state index contributed by atoms with van der Waals surface area (Å²) in [5.41, 5.74) is 2.48. The Morgan fingerprint density at radius 1 is 1.19 bits per heavy atom. The molecule has 1 atom stereocenters. The van der Waals surface area contributed by atoms with E-state index in [1.54, 1.807) is 0 Å². The molecule has 2 aromatic rings. The van der Waals surface area contributed by atoms with E-state index >= 15 is 0 Å². The molecule has 0 bridgehead atoms. The van der Waals surface area contributed by atoms with Gasteiger partial charge in [-0.05, 0) is 49.6 Å². The highest BCUT2D eigenvalue weighted by Gasteiger charge is 2.16. The van der Waals surface area contributed by atoms with Crippen molar-refractivity contribution in [3.63, 3.8) is 0 Å². The molecule has 2 nitrogen and oxygen atoms in total. The van der Waals surface area contributed by atoms with Crippen molar-refractivity contribution in [3.05, 3.63) is 42.1 Å². The molecule has 1 N–H and O–H groups in total. The number of fused-ring (bicyclic) bond motifs is 1. The Kier molecular flexibility index (Phi) is 4.87. The Balaban J connectivity index is 1.68. The molecule has 1 aliphatic rings. The summed E-state index contributed by atoms with van der Waals surface area (Å²) in [6.45, 7) is 0. The standard InChI is InChI=1S/C19H26N2/c1-20-18(11-9-15-6-3-2-4-7-15)17-10-12-19-16(14-17)8-5-13-21-19/h5,8,10,12-15,18,20H,2-4,6-7,9,11H2,1H3. The Bertz CT molecular complexity index is 573. The SMILES string of the molecule is CNC(CCC1CCCCC1)c1ccc2ncccc2c1. The summed E-state index contributed by atoms with van der Waals surface area (Å²) < 4.78 is 0. The summed E-state index contributed by atoms with van der Waals surface area (Å²) in [4.78, 5) is 4.41. The number of nitrogens with zero attached hydrogens (tertiary/aromatic N) is 1. The molecule has 0 saturated heterocycles. The average molecular weight is 282 g/mol. The van der Waals surface area contributed by atoms with E-state index in [0.717, 1.165) is 11.4 Å². The van der Waals surface area contributed by atoms with Crippen LogP contribution in [-0.2, 0) is 0 Å². The topological polar surface area (TPSA) is 24.9 Å². The number of nitrogens with one attached hydrogen (secondary N) is 1. The van der Waals surface area contributed by atoms with Crippen molar-refractivity contribution in [2.24, 2.45) is 5.92 Å². The first-order chi connectivity index (χ1) is 10.4. The second kappa shape index (κ2) is 7.04. The monoisotopic (exact) mass is 282 g/mol. The molecule has 3 rings (SSSR count). The summed E-state index contributed by atoms with van der Waals surface area (Å²) >= 11 is 0. The van der Waals surface area contributed by atoms with Gasteiger partial charge in [-0.15, -0.1) is 0 Å². The lowest BCUT2D eigenvalue weighted by Crippen LogP contribution is -2.18. The number of benzene rings is 1. The van der Waals surface area contributed by atoms with Crippen molar-refractivity contribution in [2.75, 3.05) is 7.05 Å². The van der Waals surface area contributed by atoms with Gasteiger partial charge in [0, 0.05) is 17.6 Å². The smallest absolute Gasteiger partial charge is 0.0702 e. The molecule has 0 spiro atoms. The van der Waals surface area contributed by atoms with E-state index in [4.69, 9.17) is 0 Å². The van der Waals surface area contributed by atoms with Crippen molar-refractivity contribution in [2.45, 2.75) is 51.0 Å². The molecule has 0 aliphatic heterocycles. The molecule has 21 heavy (non-hydrogen) atoms. The third kappa shape index (κ3) is 3.62. The minimum Gasteiger partial charge on any atom is -0.313 e. The number of hydrogen-bond acceptors (Lipinski definition) is 2. The summed E-state index contributed by atoms with van der Waals surface area (Å²) in [6.07, 6.45) is 11.7. The van der Waals surface area contributed by atoms with Crippen LogP contribution in [0.15, 0.2) is 36.5 Å². The van der Waals surface area contributed by atoms with Crippen molar-refractivity contribution in [3.8, 4) is 0 Å². The van der Waals surface area contributed by atoms with Crippen LogP contribution in [0, 0.1) is 5.92 Å². The van der Waals surface area contributed by atoms with Gasteiger partial charge in [0.05, 0.1) is 5.52 Å². The lowest BCUT2D eigenvalue weighted by Gasteiger charge is -2.24. The Morgan fingerprint density at radius 3 is 2.86 bits per heavy atom. The number of aromatic nitrogens is 1. The van der Waals surface area contributed by atoms with E-state index in [1.165, 1.54) is 55.9 Å². The van der Waals surface area contributed by atoms with Gasteiger partial charge in [0.25, 0.3) is 0 Å². The molecular weight excluding hydrogens is 256 g/mol. The molecule has 0 amide bonds. The Morgan fingerprint density at radius 2 is 2.05 bits per heavy atom. The molecule has 1 aromatic carbocycles. The predicted octanol–water partition coefficient (Wildman–Crippen LogP) is 4.86. The zero-order valence-electron chi connectivity index (χ0n) is 13.0. The first-order valence-electron chi connectivity index (χ1n) is 8.39. The van der Waals surface area contributed by atoms with Crippen LogP contribution in [0.1, 0.15) is 56.6 Å². The largest absolute Gasteiger partial charge is 0.313 e. The highest BCUT2D eigenvalue weighted by molar-refractivity contribution is 5.79. The van der Waals surface area contributed by atoms with Crippen LogP contribution in [-0.4, -0.2) is 12.0 Å². The van der Waals surface area contributed by atoms with Crippen LogP contribution in [0.5, 0.6) is 0 Å². The van der Waals surface area contributed by atoms with Gasteiger partial charge in [0.1, 0.15) is 0 Å². The molecule has 112 valence electrons. The van der Waals surface area contributed by atoms with Gasteiger partial charge in [-0.3, -0.25) is 4.98 Å². The van der Waals surface area contributed by atoms with Gasteiger partial charge in [0.2, 0.25) is 0 Å². The van der Waals surface area contributed by atoms with Crippen molar-refractivity contribution >= 4 is 10.9 Å². The second-order valence-corrected chi connectivity index (χ2v) is 6.38. The van der Waals surface area contributed by atoms with E-state index in [2.05, 4.69) is 41.6 Å². The predicted molar refractivity (Wildman–Crippen MR) is 89.4 cm³/mol. The normalized spacial score (nSPS) is 18.0. The molecule has 2 heteroatoms. The van der Waals surface area contributed by atoms with Crippen LogP contribution in [0.25, 0.3) is 10.9 Å². The molecular formula is C19H26N2. The summed E-state index contributed by atoms with van der Waals surface area (Å²) in [6, 6.07) is 11.3. The lowest BCUT2D eigenvalue weighted by molar-refractivity contribution is 0.317. The van der Waals surface area contributed by atoms with Crippen LogP contribution < -0.4 is 5.32 Å². The van der Waals surface area contributed by atoms with Crippen molar-refractivity contribution in [1.82, 2.24) is 10.3 Å². The molecule has 1 fully saturated rings. The number of hydrogen-bond donors (Lipinski definition) is 1. The molecule has 1 saturated carbocycles. The van der Waals surface area contributed by atoms with Gasteiger partial charge < -0.3 is 5.32 Å². The van der Waals surface area contributed by atoms with Gasteiger partial charge in [-0.1, -0.05) is 44.2 Å². The van der Waals surface area contributed by atoms with Gasteiger partial charge >= 0.3 is 0 Å². The van der Waals surface area contributed by atoms with E-state index in [0.29, 0.717) is 6.04 Å². The van der Waals surface area contributed by atoms with E-state index in [-0.39, 0.29) is 0 Å². The fraction of sp³-hybridized carbons (Fsp3) is 0.526. The Hall–Kier alpha value is -1.41. The first kappa shape index (κ1) is 14.5. The van der Waals surface area contributed by atoms with Gasteiger partial charge in [-0.2, -0.15) is 0 Å². The van der Waals surface area contributed by atoms with Crippen LogP contribution in [0.2, 0.25) is 0 Å². The highest BCUT2D eigenvalue weighted by Crippen LogP contribution is 2.30. The maximum absolute atomic E-state index is 4.41. The minimum atomic E-state index is 0.469. The van der Waals surface area contributed by atoms with E-state index in [1.807, 2.05) is 12.3 Å². The van der Waals surface area contributed by atoms with Crippen molar-refractivity contribution < 1.29 is 0 Å². The van der Waals surface area contributed by atoms with Gasteiger partial charge in [-0.25, -0.2) is 0 Å². The summed E-state index contributed by atoms with van der Waals surface area (Å²) in [5.74, 6) is 0.955. The average Bonchev–Trinajstić information content (AvgIpc) is 2.56. The minimum absolute atomic E-state index is 0.469. The fourth-order valence-electron chi connectivity index (χ4n) is 3.67.